The highest BCUT2D eigenvalue weighted by molar-refractivity contribution is 8.13. The van der Waals surface area contributed by atoms with Gasteiger partial charge < -0.3 is 9.84 Å². The van der Waals surface area contributed by atoms with E-state index in [4.69, 9.17) is 4.74 Å². The summed E-state index contributed by atoms with van der Waals surface area (Å²) in [4.78, 5) is 23.7. The van der Waals surface area contributed by atoms with Crippen molar-refractivity contribution >= 4 is 22.8 Å². The van der Waals surface area contributed by atoms with Crippen LogP contribution in [0.3, 0.4) is 0 Å². The lowest BCUT2D eigenvalue weighted by Gasteiger charge is -2.45. The Morgan fingerprint density at radius 3 is 2.53 bits per heavy atom. The predicted octanol–water partition coefficient (Wildman–Crippen LogP) is 3.09. The Kier molecular flexibility index (Phi) is 5.44. The van der Waals surface area contributed by atoms with Crippen molar-refractivity contribution in [2.75, 3.05) is 5.75 Å². The maximum atomic E-state index is 12.2. The molecule has 0 radical (unpaired) electrons. The van der Waals surface area contributed by atoms with E-state index in [1.165, 1.54) is 18.7 Å². The Morgan fingerprint density at radius 1 is 1.37 bits per heavy atom. The largest absolute Gasteiger partial charge is 0.479 e. The molecule has 4 nitrogen and oxygen atoms in total. The van der Waals surface area contributed by atoms with Crippen molar-refractivity contribution in [2.45, 2.75) is 64.6 Å². The van der Waals surface area contributed by atoms with Gasteiger partial charge in [0, 0.05) is 5.75 Å². The average Bonchev–Trinajstić information content (AvgIpc) is 2.27. The minimum atomic E-state index is -1.40. The second-order valence-electron chi connectivity index (χ2n) is 5.89. The van der Waals surface area contributed by atoms with Crippen LogP contribution in [0.2, 0.25) is 0 Å². The fraction of sp³-hybridized carbons (Fsp3) is 0.857. The molecule has 1 aliphatic heterocycles. The van der Waals surface area contributed by atoms with Gasteiger partial charge in [0.1, 0.15) is 0 Å². The first-order valence-corrected chi connectivity index (χ1v) is 7.81. The lowest BCUT2D eigenvalue weighted by Crippen LogP contribution is -2.56. The standard InChI is InChI=1S/C14H24O4S/c1-5-6-9-19-11(15)10-7-8-13(2,3)18-14(10,4)12(16)17/h10H,5-9H2,1-4H3,(H,16,17). The Morgan fingerprint density at radius 2 is 2.00 bits per heavy atom. The van der Waals surface area contributed by atoms with Crippen LogP contribution in [0.1, 0.15) is 53.4 Å². The van der Waals surface area contributed by atoms with Crippen LogP contribution in [0.4, 0.5) is 0 Å². The summed E-state index contributed by atoms with van der Waals surface area (Å²) in [7, 11) is 0. The highest BCUT2D eigenvalue weighted by Crippen LogP contribution is 2.41. The van der Waals surface area contributed by atoms with Crippen LogP contribution >= 0.6 is 11.8 Å². The van der Waals surface area contributed by atoms with Crippen molar-refractivity contribution in [1.82, 2.24) is 0 Å². The van der Waals surface area contributed by atoms with Crippen LogP contribution in [-0.4, -0.2) is 33.1 Å². The molecule has 19 heavy (non-hydrogen) atoms. The van der Waals surface area contributed by atoms with E-state index in [-0.39, 0.29) is 5.12 Å². The summed E-state index contributed by atoms with van der Waals surface area (Å²) in [5.74, 6) is -0.847. The zero-order valence-electron chi connectivity index (χ0n) is 12.2. The summed E-state index contributed by atoms with van der Waals surface area (Å²) >= 11 is 1.25. The van der Waals surface area contributed by atoms with E-state index in [0.29, 0.717) is 12.8 Å². The van der Waals surface area contributed by atoms with E-state index < -0.39 is 23.1 Å². The van der Waals surface area contributed by atoms with E-state index in [1.807, 2.05) is 13.8 Å². The van der Waals surface area contributed by atoms with Crippen LogP contribution in [-0.2, 0) is 14.3 Å². The Hall–Kier alpha value is -0.550. The van der Waals surface area contributed by atoms with Gasteiger partial charge in [-0.25, -0.2) is 4.79 Å². The molecule has 0 aliphatic carbocycles. The van der Waals surface area contributed by atoms with Crippen LogP contribution < -0.4 is 0 Å². The zero-order chi connectivity index (χ0) is 14.7. The highest BCUT2D eigenvalue weighted by Gasteiger charge is 2.52. The van der Waals surface area contributed by atoms with Crippen molar-refractivity contribution < 1.29 is 19.4 Å². The van der Waals surface area contributed by atoms with E-state index >= 15 is 0 Å². The van der Waals surface area contributed by atoms with E-state index in [1.54, 1.807) is 0 Å². The van der Waals surface area contributed by atoms with Crippen molar-refractivity contribution in [3.05, 3.63) is 0 Å². The van der Waals surface area contributed by atoms with Gasteiger partial charge in [-0.3, -0.25) is 4.79 Å². The van der Waals surface area contributed by atoms with Crippen molar-refractivity contribution in [3.63, 3.8) is 0 Å². The van der Waals surface area contributed by atoms with Crippen molar-refractivity contribution in [3.8, 4) is 0 Å². The van der Waals surface area contributed by atoms with Gasteiger partial charge in [0.15, 0.2) is 10.7 Å². The van der Waals surface area contributed by atoms with Crippen LogP contribution in [0.5, 0.6) is 0 Å². The van der Waals surface area contributed by atoms with Crippen LogP contribution in [0.25, 0.3) is 0 Å². The molecule has 5 heteroatoms. The van der Waals surface area contributed by atoms with Crippen LogP contribution in [0.15, 0.2) is 0 Å². The van der Waals surface area contributed by atoms with E-state index in [2.05, 4.69) is 6.92 Å². The number of thioether (sulfide) groups is 1. The fourth-order valence-electron chi connectivity index (χ4n) is 2.42. The van der Waals surface area contributed by atoms with E-state index in [9.17, 15) is 14.7 Å². The number of rotatable bonds is 5. The zero-order valence-corrected chi connectivity index (χ0v) is 13.0. The summed E-state index contributed by atoms with van der Waals surface area (Å²) in [6, 6.07) is 0. The number of carboxylic acids is 1. The van der Waals surface area contributed by atoms with Crippen molar-refractivity contribution in [1.29, 1.82) is 0 Å². The molecule has 2 unspecified atom stereocenters. The average molecular weight is 288 g/mol. The molecule has 1 rings (SSSR count). The van der Waals surface area contributed by atoms with Crippen LogP contribution in [0, 0.1) is 5.92 Å². The molecule has 1 saturated heterocycles. The Bertz CT molecular complexity index is 353. The Labute approximate surface area is 119 Å². The number of carbonyl (C=O) groups excluding carboxylic acids is 1. The van der Waals surface area contributed by atoms with Gasteiger partial charge in [-0.05, 0) is 40.0 Å². The number of aliphatic carboxylic acids is 1. The molecule has 0 bridgehead atoms. The smallest absolute Gasteiger partial charge is 0.336 e. The van der Waals surface area contributed by atoms with Gasteiger partial charge in [0.05, 0.1) is 11.5 Å². The third-order valence-electron chi connectivity index (χ3n) is 3.64. The molecule has 1 fully saturated rings. The molecule has 1 heterocycles. The normalized spacial score (nSPS) is 30.0. The fourth-order valence-corrected chi connectivity index (χ4v) is 3.59. The van der Waals surface area contributed by atoms with Gasteiger partial charge in [-0.2, -0.15) is 0 Å². The van der Waals surface area contributed by atoms with E-state index in [0.717, 1.165) is 18.6 Å². The lowest BCUT2D eigenvalue weighted by molar-refractivity contribution is -0.211. The SMILES string of the molecule is CCCCSC(=O)C1CCC(C)(C)OC1(C)C(=O)O. The summed E-state index contributed by atoms with van der Waals surface area (Å²) < 4.78 is 5.73. The van der Waals surface area contributed by atoms with Gasteiger partial charge in [-0.15, -0.1) is 0 Å². The topological polar surface area (TPSA) is 63.6 Å². The van der Waals surface area contributed by atoms with Gasteiger partial charge in [-0.1, -0.05) is 25.1 Å². The molecule has 2 atom stereocenters. The monoisotopic (exact) mass is 288 g/mol. The number of unbranched alkanes of at least 4 members (excludes halogenated alkanes) is 1. The second kappa shape index (κ2) is 6.27. The molecule has 110 valence electrons. The maximum absolute atomic E-state index is 12.2. The van der Waals surface area contributed by atoms with Gasteiger partial charge >= 0.3 is 5.97 Å². The maximum Gasteiger partial charge on any atom is 0.336 e. The number of hydrogen-bond acceptors (Lipinski definition) is 4. The first kappa shape index (κ1) is 16.5. The molecule has 0 spiro atoms. The summed E-state index contributed by atoms with van der Waals surface area (Å²) in [5.41, 5.74) is -1.89. The third kappa shape index (κ3) is 3.96. The molecule has 1 aliphatic rings. The predicted molar refractivity (Wildman–Crippen MR) is 76.3 cm³/mol. The molecule has 0 amide bonds. The summed E-state index contributed by atoms with van der Waals surface area (Å²) in [6.45, 7) is 7.34. The number of carboxylic acid groups (broad SMARTS) is 1. The molecule has 0 aromatic carbocycles. The molecule has 0 aromatic rings. The number of carbonyl (C=O) groups is 2. The summed E-state index contributed by atoms with van der Waals surface area (Å²) in [5, 5.41) is 9.39. The highest BCUT2D eigenvalue weighted by atomic mass is 32.2. The minimum absolute atomic E-state index is 0.0474. The Balaban J connectivity index is 2.80. The minimum Gasteiger partial charge on any atom is -0.479 e. The first-order chi connectivity index (χ1) is 8.73. The second-order valence-corrected chi connectivity index (χ2v) is 6.99. The molecule has 1 N–H and O–H groups in total. The summed E-state index contributed by atoms with van der Waals surface area (Å²) in [6.07, 6.45) is 3.29. The van der Waals surface area contributed by atoms with Gasteiger partial charge in [0.25, 0.3) is 0 Å². The van der Waals surface area contributed by atoms with Gasteiger partial charge in [0.2, 0.25) is 0 Å². The molecular formula is C14H24O4S. The number of ether oxygens (including phenoxy) is 1. The quantitative estimate of drug-likeness (QED) is 0.788. The molecule has 0 saturated carbocycles. The lowest BCUT2D eigenvalue weighted by atomic mass is 9.79. The molecule has 0 aromatic heterocycles. The molecular weight excluding hydrogens is 264 g/mol. The first-order valence-electron chi connectivity index (χ1n) is 6.83. The number of hydrogen-bond donors (Lipinski definition) is 1. The van der Waals surface area contributed by atoms with Crippen molar-refractivity contribution in [2.24, 2.45) is 5.92 Å². The third-order valence-corrected chi connectivity index (χ3v) is 4.70.